The number of para-hydroxylation sites is 1. The first-order valence-electron chi connectivity index (χ1n) is 8.57. The number of fused-ring (bicyclic) bond motifs is 1. The molecule has 0 saturated carbocycles. The van der Waals surface area contributed by atoms with Crippen LogP contribution in [0.5, 0.6) is 11.5 Å². The third kappa shape index (κ3) is 3.43. The van der Waals surface area contributed by atoms with Gasteiger partial charge in [0, 0.05) is 5.69 Å². The zero-order chi connectivity index (χ0) is 17.9. The summed E-state index contributed by atoms with van der Waals surface area (Å²) in [6.07, 6.45) is 0. The third-order valence-electron chi connectivity index (χ3n) is 4.39. The summed E-state index contributed by atoms with van der Waals surface area (Å²) in [6.45, 7) is 1.94. The van der Waals surface area contributed by atoms with Gasteiger partial charge in [0.1, 0.15) is 11.3 Å². The van der Waals surface area contributed by atoms with Gasteiger partial charge in [-0.3, -0.25) is 0 Å². The first kappa shape index (κ1) is 16.7. The second-order valence-corrected chi connectivity index (χ2v) is 7.61. The van der Waals surface area contributed by atoms with E-state index in [1.807, 2.05) is 49.4 Å². The van der Waals surface area contributed by atoms with Gasteiger partial charge in [-0.2, -0.15) is 0 Å². The Morgan fingerprint density at radius 2 is 1.58 bits per heavy atom. The molecule has 0 bridgehead atoms. The van der Waals surface area contributed by atoms with Crippen LogP contribution < -0.4 is 8.21 Å². The Morgan fingerprint density at radius 3 is 2.35 bits per heavy atom. The van der Waals surface area contributed by atoms with Gasteiger partial charge in [0.05, 0.1) is 5.75 Å². The number of nitrogens with zero attached hydrogens (tertiary/aromatic N) is 1. The number of aromatic nitrogens is 1. The number of aromatic hydroxyl groups is 1. The summed E-state index contributed by atoms with van der Waals surface area (Å²) in [7, 11) is 0. The molecule has 0 saturated heterocycles. The predicted octanol–water partition coefficient (Wildman–Crippen LogP) is 3.97. The minimum Gasteiger partial charge on any atom is -0.642 e. The number of benzene rings is 3. The maximum atomic E-state index is 10.1. The van der Waals surface area contributed by atoms with Gasteiger partial charge in [0.15, 0.2) is 0 Å². The van der Waals surface area contributed by atoms with Gasteiger partial charge in [-0.25, -0.2) is 4.98 Å². The molecule has 1 heterocycles. The highest BCUT2D eigenvalue weighted by Gasteiger charge is 2.12. The Hall–Kier alpha value is -2.80. The van der Waals surface area contributed by atoms with Gasteiger partial charge in [-0.1, -0.05) is 59.0 Å². The standard InChI is InChI=1S/C12H10O.C10H8NO.Al.H/c13-12-8-6-11(7-9-12)10-4-2-1-3-5-10;1-7-5-6-8-3-2-4-9(12)10(8)11-7;;/h1-9,13H;2-5,12H,1H3;;/q;;+1;/p-1. The van der Waals surface area contributed by atoms with Crippen molar-refractivity contribution < 1.29 is 8.90 Å². The molecule has 4 heteroatoms. The normalized spacial score (nSPS) is 10.7. The molecule has 26 heavy (non-hydrogen) atoms. The Balaban J connectivity index is 1.56. The average molecular weight is 355 g/mol. The van der Waals surface area contributed by atoms with Crippen molar-refractivity contribution in [1.82, 2.24) is 4.98 Å². The highest BCUT2D eigenvalue weighted by atomic mass is 27.1. The summed E-state index contributed by atoms with van der Waals surface area (Å²) in [5.74, 6) is 1.09. The lowest BCUT2D eigenvalue weighted by molar-refractivity contribution is 0.480. The van der Waals surface area contributed by atoms with Crippen LogP contribution in [0.25, 0.3) is 22.0 Å². The molecule has 1 N–H and O–H groups in total. The van der Waals surface area contributed by atoms with Gasteiger partial charge in [-0.15, -0.1) is 0 Å². The van der Waals surface area contributed by atoms with Crippen LogP contribution in [0, 0.1) is 6.92 Å². The maximum absolute atomic E-state index is 10.1. The van der Waals surface area contributed by atoms with Gasteiger partial charge in [0.25, 0.3) is 0 Å². The van der Waals surface area contributed by atoms with Gasteiger partial charge in [0.2, 0.25) is 0 Å². The molecular weight excluding hydrogens is 337 g/mol. The van der Waals surface area contributed by atoms with E-state index in [9.17, 15) is 5.11 Å². The monoisotopic (exact) mass is 355 g/mol. The minimum absolute atomic E-state index is 0.216. The highest BCUT2D eigenvalue weighted by Crippen LogP contribution is 2.23. The number of rotatable bonds is 4. The molecule has 0 unspecified atom stereocenters. The smallest absolute Gasteiger partial charge is 0.564 e. The van der Waals surface area contributed by atoms with Crippen molar-refractivity contribution in [1.29, 1.82) is 0 Å². The first-order valence-corrected chi connectivity index (χ1v) is 9.86. The van der Waals surface area contributed by atoms with E-state index in [-0.39, 0.29) is 5.75 Å². The molecule has 0 fully saturated rings. The van der Waals surface area contributed by atoms with Crippen LogP contribution in [0.3, 0.4) is 0 Å². The van der Waals surface area contributed by atoms with E-state index in [0.29, 0.717) is 5.52 Å². The van der Waals surface area contributed by atoms with Crippen LogP contribution in [-0.2, 0) is 0 Å². The summed E-state index contributed by atoms with van der Waals surface area (Å²) in [5, 5.41) is 11.0. The summed E-state index contributed by atoms with van der Waals surface area (Å²) in [5.41, 5.74) is 3.92. The minimum atomic E-state index is -0.995. The van der Waals surface area contributed by atoms with Crippen LogP contribution in [0.15, 0.2) is 78.9 Å². The van der Waals surface area contributed by atoms with E-state index < -0.39 is 15.6 Å². The summed E-state index contributed by atoms with van der Waals surface area (Å²) in [6, 6.07) is 26.1. The van der Waals surface area contributed by atoms with E-state index in [2.05, 4.69) is 35.3 Å². The van der Waals surface area contributed by atoms with E-state index in [1.54, 1.807) is 6.07 Å². The van der Waals surface area contributed by atoms with Crippen molar-refractivity contribution in [2.45, 2.75) is 6.92 Å². The Bertz CT molecular complexity index is 1050. The van der Waals surface area contributed by atoms with Crippen molar-refractivity contribution in [3.05, 3.63) is 84.6 Å². The van der Waals surface area contributed by atoms with Crippen molar-refractivity contribution in [2.75, 3.05) is 0 Å². The molecule has 0 aliphatic carbocycles. The fraction of sp³-hybridized carbons (Fsp3) is 0.0455. The molecule has 126 valence electrons. The molecule has 0 aliphatic heterocycles. The molecule has 0 radical (unpaired) electrons. The largest absolute Gasteiger partial charge is 0.642 e. The molecule has 0 aliphatic rings. The predicted molar refractivity (Wildman–Crippen MR) is 107 cm³/mol. The van der Waals surface area contributed by atoms with Gasteiger partial charge < -0.3 is 8.90 Å². The molecule has 1 aromatic heterocycles. The second kappa shape index (κ2) is 7.21. The van der Waals surface area contributed by atoms with Gasteiger partial charge >= 0.3 is 15.6 Å². The zero-order valence-corrected chi connectivity index (χ0v) is 15.9. The molecule has 3 aromatic carbocycles. The molecule has 4 aromatic rings. The first-order chi connectivity index (χ1) is 12.7. The molecule has 3 nitrogen and oxygen atoms in total. The Kier molecular flexibility index (Phi) is 4.62. The van der Waals surface area contributed by atoms with Gasteiger partial charge in [-0.05, 0) is 47.7 Å². The lowest BCUT2D eigenvalue weighted by atomic mass is 10.1. The van der Waals surface area contributed by atoms with Crippen molar-refractivity contribution in [2.24, 2.45) is 0 Å². The lowest BCUT2D eigenvalue weighted by Gasteiger charge is -2.11. The summed E-state index contributed by atoms with van der Waals surface area (Å²) < 4.78 is 7.26. The number of aryl methyl sites for hydroxylation is 1. The summed E-state index contributed by atoms with van der Waals surface area (Å²) >= 11 is -0.995. The number of phenolic OH excluding ortho intramolecular Hbond substituents is 1. The van der Waals surface area contributed by atoms with Crippen LogP contribution in [0.2, 0.25) is 0 Å². The van der Waals surface area contributed by atoms with E-state index in [0.717, 1.165) is 21.3 Å². The Labute approximate surface area is 159 Å². The average Bonchev–Trinajstić information content (AvgIpc) is 2.68. The molecule has 0 amide bonds. The van der Waals surface area contributed by atoms with Crippen LogP contribution in [-0.4, -0.2) is 25.6 Å². The number of pyridine rings is 1. The third-order valence-corrected chi connectivity index (χ3v) is 5.76. The molecular formula is C22H18AlNO2. The van der Waals surface area contributed by atoms with E-state index in [4.69, 9.17) is 3.79 Å². The quantitative estimate of drug-likeness (QED) is 0.563. The fourth-order valence-electron chi connectivity index (χ4n) is 3.10. The van der Waals surface area contributed by atoms with Crippen LogP contribution in [0.4, 0.5) is 0 Å². The lowest BCUT2D eigenvalue weighted by Crippen LogP contribution is -2.22. The topological polar surface area (TPSA) is 42.4 Å². The Morgan fingerprint density at radius 1 is 0.846 bits per heavy atom. The number of hydrogen-bond donors (Lipinski definition) is 1. The van der Waals surface area contributed by atoms with Crippen molar-refractivity contribution in [3.63, 3.8) is 0 Å². The maximum Gasteiger partial charge on any atom is 0.564 e. The second-order valence-electron chi connectivity index (χ2n) is 6.28. The van der Waals surface area contributed by atoms with Crippen molar-refractivity contribution in [3.8, 4) is 22.6 Å². The van der Waals surface area contributed by atoms with Crippen molar-refractivity contribution >= 4 is 30.9 Å². The number of hydrogen-bond acceptors (Lipinski definition) is 3. The van der Waals surface area contributed by atoms with Crippen LogP contribution >= 0.6 is 0 Å². The molecule has 0 spiro atoms. The number of phenols is 1. The molecule has 4 rings (SSSR count). The SMILES string of the molecule is Cc1c[c]([AlH][O]c2ccc(-c3ccccc3)cc2)c2cccc(O)c2n1. The molecule has 0 atom stereocenters. The van der Waals surface area contributed by atoms with E-state index in [1.165, 1.54) is 11.1 Å². The van der Waals surface area contributed by atoms with Crippen LogP contribution in [0.1, 0.15) is 5.69 Å². The van der Waals surface area contributed by atoms with E-state index >= 15 is 0 Å². The summed E-state index contributed by atoms with van der Waals surface area (Å²) in [4.78, 5) is 4.45. The highest BCUT2D eigenvalue weighted by molar-refractivity contribution is 6.52. The fourth-order valence-corrected chi connectivity index (χ4v) is 4.44. The zero-order valence-electron chi connectivity index (χ0n) is 14.5.